The maximum atomic E-state index is 13.2. The summed E-state index contributed by atoms with van der Waals surface area (Å²) in [5.74, 6) is 2.99. The van der Waals surface area contributed by atoms with Crippen LogP contribution in [0.4, 0.5) is 0 Å². The van der Waals surface area contributed by atoms with Crippen molar-refractivity contribution in [2.75, 3.05) is 5.75 Å². The number of aromatic nitrogens is 3. The lowest BCUT2D eigenvalue weighted by atomic mass is 10.1. The molecule has 1 aliphatic heterocycles. The molecule has 1 saturated carbocycles. The van der Waals surface area contributed by atoms with E-state index in [0.717, 1.165) is 40.5 Å². The SMILES string of the molecule is Cn1c(SCC(=O)N2N=C(c3cc4ccccc4o3)C[C@@H]2c2ccco2)nnc1C1CC1. The molecule has 9 heteroatoms. The van der Waals surface area contributed by atoms with Crippen LogP contribution in [-0.4, -0.2) is 37.1 Å². The van der Waals surface area contributed by atoms with E-state index < -0.39 is 0 Å². The zero-order chi connectivity index (χ0) is 21.7. The molecule has 1 amide bonds. The molecule has 32 heavy (non-hydrogen) atoms. The largest absolute Gasteiger partial charge is 0.467 e. The summed E-state index contributed by atoms with van der Waals surface area (Å²) in [6.45, 7) is 0. The number of nitrogens with zero attached hydrogens (tertiary/aromatic N) is 5. The smallest absolute Gasteiger partial charge is 0.253 e. The lowest BCUT2D eigenvalue weighted by molar-refractivity contribution is -0.130. The average Bonchev–Trinajstić information content (AvgIpc) is 3.23. The third-order valence-corrected chi connectivity index (χ3v) is 6.89. The fourth-order valence-corrected chi connectivity index (χ4v) is 4.83. The Morgan fingerprint density at radius 3 is 2.84 bits per heavy atom. The number of hydrazone groups is 1. The molecule has 0 spiro atoms. The molecule has 0 N–H and O–H groups in total. The van der Waals surface area contributed by atoms with E-state index in [2.05, 4.69) is 15.3 Å². The molecule has 1 aromatic carbocycles. The van der Waals surface area contributed by atoms with E-state index in [9.17, 15) is 4.79 Å². The number of furan rings is 2. The van der Waals surface area contributed by atoms with Gasteiger partial charge in [-0.05, 0) is 37.1 Å². The highest BCUT2D eigenvalue weighted by atomic mass is 32.2. The van der Waals surface area contributed by atoms with Crippen molar-refractivity contribution in [2.45, 2.75) is 36.4 Å². The van der Waals surface area contributed by atoms with Gasteiger partial charge in [-0.2, -0.15) is 5.10 Å². The summed E-state index contributed by atoms with van der Waals surface area (Å²) in [5.41, 5.74) is 1.53. The first-order valence-electron chi connectivity index (χ1n) is 10.6. The second-order valence-electron chi connectivity index (χ2n) is 8.13. The Morgan fingerprint density at radius 2 is 2.06 bits per heavy atom. The number of carbonyl (C=O) groups excluding carboxylic acids is 1. The van der Waals surface area contributed by atoms with Gasteiger partial charge in [0.25, 0.3) is 5.91 Å². The Kier molecular flexibility index (Phi) is 4.64. The van der Waals surface area contributed by atoms with Gasteiger partial charge < -0.3 is 13.4 Å². The molecule has 0 saturated heterocycles. The highest BCUT2D eigenvalue weighted by molar-refractivity contribution is 7.99. The van der Waals surface area contributed by atoms with Crippen LogP contribution < -0.4 is 0 Å². The van der Waals surface area contributed by atoms with E-state index in [4.69, 9.17) is 8.83 Å². The van der Waals surface area contributed by atoms with Crippen LogP contribution in [0.25, 0.3) is 11.0 Å². The molecule has 0 radical (unpaired) electrons. The lowest BCUT2D eigenvalue weighted by Crippen LogP contribution is -2.28. The topological polar surface area (TPSA) is 89.7 Å². The van der Waals surface area contributed by atoms with Gasteiger partial charge in [0.2, 0.25) is 0 Å². The third kappa shape index (κ3) is 3.42. The minimum absolute atomic E-state index is 0.113. The molecule has 1 atom stereocenters. The first kappa shape index (κ1) is 19.4. The Labute approximate surface area is 188 Å². The van der Waals surface area contributed by atoms with Crippen molar-refractivity contribution in [1.29, 1.82) is 0 Å². The molecule has 3 aromatic heterocycles. The number of rotatable bonds is 6. The van der Waals surface area contributed by atoms with Gasteiger partial charge in [-0.3, -0.25) is 4.79 Å². The van der Waals surface area contributed by atoms with Crippen LogP contribution in [-0.2, 0) is 11.8 Å². The normalized spacial score (nSPS) is 18.5. The summed E-state index contributed by atoms with van der Waals surface area (Å²) in [7, 11) is 1.96. The number of fused-ring (bicyclic) bond motifs is 1. The molecular formula is C23H21N5O3S. The third-order valence-electron chi connectivity index (χ3n) is 5.88. The predicted molar refractivity (Wildman–Crippen MR) is 119 cm³/mol. The number of benzene rings is 1. The molecule has 1 aliphatic carbocycles. The number of amides is 1. The van der Waals surface area contributed by atoms with Gasteiger partial charge in [0.05, 0.1) is 12.0 Å². The van der Waals surface area contributed by atoms with Gasteiger partial charge >= 0.3 is 0 Å². The van der Waals surface area contributed by atoms with Gasteiger partial charge in [0, 0.05) is 24.8 Å². The van der Waals surface area contributed by atoms with E-state index in [1.54, 1.807) is 6.26 Å². The molecule has 4 aromatic rings. The van der Waals surface area contributed by atoms with Crippen molar-refractivity contribution in [3.05, 3.63) is 66.1 Å². The van der Waals surface area contributed by atoms with Gasteiger partial charge in [-0.1, -0.05) is 30.0 Å². The molecule has 162 valence electrons. The van der Waals surface area contributed by atoms with Crippen LogP contribution in [0.2, 0.25) is 0 Å². The van der Waals surface area contributed by atoms with E-state index >= 15 is 0 Å². The number of hydrogen-bond acceptors (Lipinski definition) is 7. The van der Waals surface area contributed by atoms with Gasteiger partial charge in [-0.15, -0.1) is 10.2 Å². The minimum Gasteiger partial charge on any atom is -0.467 e. The second-order valence-corrected chi connectivity index (χ2v) is 9.07. The van der Waals surface area contributed by atoms with Crippen molar-refractivity contribution < 1.29 is 13.6 Å². The van der Waals surface area contributed by atoms with Crippen molar-refractivity contribution >= 4 is 34.3 Å². The van der Waals surface area contributed by atoms with Crippen molar-refractivity contribution in [3.63, 3.8) is 0 Å². The number of carbonyl (C=O) groups is 1. The van der Waals surface area contributed by atoms with E-state index in [0.29, 0.717) is 23.9 Å². The zero-order valence-electron chi connectivity index (χ0n) is 17.5. The molecule has 4 heterocycles. The van der Waals surface area contributed by atoms with Crippen molar-refractivity contribution in [1.82, 2.24) is 19.8 Å². The fraction of sp³-hybridized carbons (Fsp3) is 0.304. The Bertz CT molecular complexity index is 1290. The molecule has 1 fully saturated rings. The summed E-state index contributed by atoms with van der Waals surface area (Å²) < 4.78 is 13.6. The first-order valence-corrected chi connectivity index (χ1v) is 11.6. The summed E-state index contributed by atoms with van der Waals surface area (Å²) in [4.78, 5) is 13.2. The average molecular weight is 448 g/mol. The summed E-state index contributed by atoms with van der Waals surface area (Å²) in [6, 6.07) is 13.2. The van der Waals surface area contributed by atoms with E-state index in [1.165, 1.54) is 16.8 Å². The summed E-state index contributed by atoms with van der Waals surface area (Å²) in [5, 5.41) is 16.5. The first-order chi connectivity index (χ1) is 15.7. The van der Waals surface area contributed by atoms with Gasteiger partial charge in [-0.25, -0.2) is 5.01 Å². The van der Waals surface area contributed by atoms with Crippen LogP contribution in [0.15, 0.2) is 67.8 Å². The molecule has 6 rings (SSSR count). The Balaban J connectivity index is 1.25. The Hall–Kier alpha value is -3.33. The molecule has 0 unspecified atom stereocenters. The number of hydrogen-bond donors (Lipinski definition) is 0. The van der Waals surface area contributed by atoms with E-state index in [1.807, 2.05) is 54.1 Å². The highest BCUT2D eigenvalue weighted by Crippen LogP contribution is 2.40. The van der Waals surface area contributed by atoms with Crippen LogP contribution in [0, 0.1) is 0 Å². The molecule has 2 aliphatic rings. The monoisotopic (exact) mass is 447 g/mol. The van der Waals surface area contributed by atoms with Crippen LogP contribution in [0.1, 0.15) is 48.6 Å². The van der Waals surface area contributed by atoms with Crippen LogP contribution in [0.5, 0.6) is 0 Å². The maximum Gasteiger partial charge on any atom is 0.253 e. The predicted octanol–water partition coefficient (Wildman–Crippen LogP) is 4.50. The van der Waals surface area contributed by atoms with Crippen molar-refractivity contribution in [3.8, 4) is 0 Å². The van der Waals surface area contributed by atoms with Crippen molar-refractivity contribution in [2.24, 2.45) is 12.1 Å². The van der Waals surface area contributed by atoms with Crippen LogP contribution >= 0.6 is 11.8 Å². The Morgan fingerprint density at radius 1 is 1.19 bits per heavy atom. The van der Waals surface area contributed by atoms with Gasteiger partial charge in [0.15, 0.2) is 10.9 Å². The molecule has 0 bridgehead atoms. The lowest BCUT2D eigenvalue weighted by Gasteiger charge is -2.19. The summed E-state index contributed by atoms with van der Waals surface area (Å²) in [6.07, 6.45) is 4.46. The quantitative estimate of drug-likeness (QED) is 0.404. The summed E-state index contributed by atoms with van der Waals surface area (Å²) >= 11 is 1.38. The minimum atomic E-state index is -0.303. The molecule has 8 nitrogen and oxygen atoms in total. The number of thioether (sulfide) groups is 1. The standard InChI is InChI=1S/C23H21N5O3S/c1-27-22(14-8-9-14)24-25-23(27)32-13-21(29)28-17(19-7-4-10-30-19)12-16(26-28)20-11-15-5-2-3-6-18(15)31-20/h2-7,10-11,14,17H,8-9,12-13H2,1H3/t17-/m1/s1. The van der Waals surface area contributed by atoms with E-state index in [-0.39, 0.29) is 17.7 Å². The number of para-hydroxylation sites is 1. The maximum absolute atomic E-state index is 13.2. The highest BCUT2D eigenvalue weighted by Gasteiger charge is 2.36. The fourth-order valence-electron chi connectivity index (χ4n) is 4.06. The van der Waals surface area contributed by atoms with Crippen LogP contribution in [0.3, 0.4) is 0 Å². The molecular weight excluding hydrogens is 426 g/mol. The van der Waals surface area contributed by atoms with Gasteiger partial charge in [0.1, 0.15) is 28.9 Å². The second kappa shape index (κ2) is 7.67. The zero-order valence-corrected chi connectivity index (χ0v) is 18.3.